The molecule has 3 rings (SSSR count). The normalized spacial score (nSPS) is 17.8. The predicted molar refractivity (Wildman–Crippen MR) is 105 cm³/mol. The lowest BCUT2D eigenvalue weighted by atomic mass is 9.89. The van der Waals surface area contributed by atoms with Crippen LogP contribution in [-0.2, 0) is 0 Å². The zero-order valence-electron chi connectivity index (χ0n) is 14.0. The summed E-state index contributed by atoms with van der Waals surface area (Å²) in [5.74, 6) is 0.685. The van der Waals surface area contributed by atoms with Gasteiger partial charge in [-0.25, -0.2) is 0 Å². The second-order valence-corrected chi connectivity index (χ2v) is 6.22. The number of halogens is 2. The molecule has 0 aliphatic carbocycles. The van der Waals surface area contributed by atoms with Crippen molar-refractivity contribution >= 4 is 35.6 Å². The quantitative estimate of drug-likeness (QED) is 0.857. The van der Waals surface area contributed by atoms with Crippen LogP contribution in [0.15, 0.2) is 42.5 Å². The molecule has 2 nitrogen and oxygen atoms in total. The molecule has 4 heteroatoms. The molecule has 0 aromatic heterocycles. The van der Waals surface area contributed by atoms with Crippen LogP contribution in [0.4, 0.5) is 0 Å². The molecule has 23 heavy (non-hydrogen) atoms. The van der Waals surface area contributed by atoms with Crippen molar-refractivity contribution in [3.63, 3.8) is 0 Å². The first-order valence-electron chi connectivity index (χ1n) is 8.23. The highest BCUT2D eigenvalue weighted by atomic mass is 35.5. The molecule has 0 amide bonds. The molecule has 2 atom stereocenters. The Kier molecular flexibility index (Phi) is 8.35. The second-order valence-electron chi connectivity index (χ2n) is 6.22. The van der Waals surface area contributed by atoms with Gasteiger partial charge in [-0.1, -0.05) is 56.7 Å². The summed E-state index contributed by atoms with van der Waals surface area (Å²) in [6, 6.07) is 16.2. The highest BCUT2D eigenvalue weighted by molar-refractivity contribution is 5.85. The molecule has 1 fully saturated rings. The first-order valence-corrected chi connectivity index (χ1v) is 8.23. The lowest BCUT2D eigenvalue weighted by Gasteiger charge is -2.38. The van der Waals surface area contributed by atoms with Gasteiger partial charge >= 0.3 is 0 Å². The summed E-state index contributed by atoms with van der Waals surface area (Å²) < 4.78 is 0. The van der Waals surface area contributed by atoms with Crippen LogP contribution in [-0.4, -0.2) is 31.1 Å². The smallest absolute Gasteiger partial charge is 0.0374 e. The number of benzene rings is 2. The average Bonchev–Trinajstić information content (AvgIpc) is 2.56. The molecule has 0 spiro atoms. The molecule has 1 heterocycles. The van der Waals surface area contributed by atoms with E-state index in [0.717, 1.165) is 26.2 Å². The summed E-state index contributed by atoms with van der Waals surface area (Å²) >= 11 is 0. The van der Waals surface area contributed by atoms with Crippen molar-refractivity contribution in [2.75, 3.05) is 26.2 Å². The standard InChI is InChI=1S/C19H26N2.2ClH/c1-3-15(2)19(21-12-10-20-11-13-21)18-9-8-16-6-4-5-7-17(16)14-18;;/h4-9,14-15,19-20H,3,10-13H2,1-2H3;2*1H/t15?,19-;;/m1../s1. The van der Waals surface area contributed by atoms with Gasteiger partial charge in [-0.2, -0.15) is 0 Å². The van der Waals surface area contributed by atoms with Gasteiger partial charge in [0.2, 0.25) is 0 Å². The highest BCUT2D eigenvalue weighted by Gasteiger charge is 2.26. The average molecular weight is 355 g/mol. The summed E-state index contributed by atoms with van der Waals surface area (Å²) in [7, 11) is 0. The number of fused-ring (bicyclic) bond motifs is 1. The van der Waals surface area contributed by atoms with Crippen LogP contribution in [0, 0.1) is 5.92 Å². The Hall–Kier alpha value is -0.800. The number of piperazine rings is 1. The molecule has 1 aliphatic rings. The molecule has 1 N–H and O–H groups in total. The minimum Gasteiger partial charge on any atom is -0.314 e. The van der Waals surface area contributed by atoms with Gasteiger partial charge in [0.25, 0.3) is 0 Å². The van der Waals surface area contributed by atoms with Crippen LogP contribution < -0.4 is 5.32 Å². The molecule has 1 saturated heterocycles. The zero-order chi connectivity index (χ0) is 14.7. The van der Waals surface area contributed by atoms with Crippen molar-refractivity contribution in [2.45, 2.75) is 26.3 Å². The largest absolute Gasteiger partial charge is 0.314 e. The summed E-state index contributed by atoms with van der Waals surface area (Å²) in [6.07, 6.45) is 1.22. The van der Waals surface area contributed by atoms with E-state index in [1.54, 1.807) is 0 Å². The lowest BCUT2D eigenvalue weighted by molar-refractivity contribution is 0.128. The van der Waals surface area contributed by atoms with Crippen LogP contribution >= 0.6 is 24.8 Å². The van der Waals surface area contributed by atoms with E-state index in [0.29, 0.717) is 12.0 Å². The Labute approximate surface area is 152 Å². The van der Waals surface area contributed by atoms with Gasteiger partial charge in [-0.05, 0) is 28.3 Å². The third kappa shape index (κ3) is 4.60. The van der Waals surface area contributed by atoms with Gasteiger partial charge in [-0.3, -0.25) is 4.90 Å². The Balaban J connectivity index is 0.00000132. The minimum absolute atomic E-state index is 0. The van der Waals surface area contributed by atoms with Crippen LogP contribution in [0.5, 0.6) is 0 Å². The van der Waals surface area contributed by atoms with E-state index in [4.69, 9.17) is 0 Å². The Bertz CT molecular complexity index is 597. The fourth-order valence-corrected chi connectivity index (χ4v) is 3.47. The first kappa shape index (κ1) is 20.2. The maximum absolute atomic E-state index is 3.47. The highest BCUT2D eigenvalue weighted by Crippen LogP contribution is 2.32. The Morgan fingerprint density at radius 1 is 1.00 bits per heavy atom. The Morgan fingerprint density at radius 3 is 2.30 bits per heavy atom. The molecular weight excluding hydrogens is 327 g/mol. The van der Waals surface area contributed by atoms with Gasteiger partial charge < -0.3 is 5.32 Å². The summed E-state index contributed by atoms with van der Waals surface area (Å²) in [5.41, 5.74) is 1.48. The number of rotatable bonds is 4. The predicted octanol–water partition coefficient (Wildman–Crippen LogP) is 4.68. The van der Waals surface area contributed by atoms with Crippen molar-refractivity contribution in [2.24, 2.45) is 5.92 Å². The zero-order valence-corrected chi connectivity index (χ0v) is 15.6. The SMILES string of the molecule is CCC(C)[C@H](c1ccc2ccccc2c1)N1CCNCC1.Cl.Cl. The molecule has 0 saturated carbocycles. The van der Waals surface area contributed by atoms with Gasteiger partial charge in [0.15, 0.2) is 0 Å². The summed E-state index contributed by atoms with van der Waals surface area (Å²) in [4.78, 5) is 2.66. The van der Waals surface area contributed by atoms with Crippen molar-refractivity contribution in [3.05, 3.63) is 48.0 Å². The van der Waals surface area contributed by atoms with E-state index < -0.39 is 0 Å². The fraction of sp³-hybridized carbons (Fsp3) is 0.474. The van der Waals surface area contributed by atoms with E-state index in [-0.39, 0.29) is 24.8 Å². The van der Waals surface area contributed by atoms with Crippen LogP contribution in [0.2, 0.25) is 0 Å². The molecule has 128 valence electrons. The van der Waals surface area contributed by atoms with Crippen LogP contribution in [0.25, 0.3) is 10.8 Å². The van der Waals surface area contributed by atoms with Gasteiger partial charge in [0, 0.05) is 32.2 Å². The van der Waals surface area contributed by atoms with Crippen molar-refractivity contribution < 1.29 is 0 Å². The minimum atomic E-state index is 0. The molecule has 2 aromatic rings. The third-order valence-electron chi connectivity index (χ3n) is 4.84. The van der Waals surface area contributed by atoms with Crippen molar-refractivity contribution in [1.82, 2.24) is 10.2 Å². The molecule has 1 unspecified atom stereocenters. The lowest BCUT2D eigenvalue weighted by Crippen LogP contribution is -2.46. The van der Waals surface area contributed by atoms with Crippen LogP contribution in [0.3, 0.4) is 0 Å². The maximum Gasteiger partial charge on any atom is 0.0374 e. The number of nitrogens with one attached hydrogen (secondary N) is 1. The van der Waals surface area contributed by atoms with E-state index in [9.17, 15) is 0 Å². The van der Waals surface area contributed by atoms with Gasteiger partial charge in [-0.15, -0.1) is 24.8 Å². The topological polar surface area (TPSA) is 15.3 Å². The second kappa shape index (κ2) is 9.48. The van der Waals surface area contributed by atoms with Crippen molar-refractivity contribution in [3.8, 4) is 0 Å². The molecule has 0 bridgehead atoms. The molecular formula is C19H28Cl2N2. The molecule has 2 aromatic carbocycles. The van der Waals surface area contributed by atoms with E-state index in [1.807, 2.05) is 0 Å². The van der Waals surface area contributed by atoms with E-state index in [1.165, 1.54) is 22.8 Å². The monoisotopic (exact) mass is 354 g/mol. The van der Waals surface area contributed by atoms with E-state index in [2.05, 4.69) is 66.5 Å². The van der Waals surface area contributed by atoms with Crippen molar-refractivity contribution in [1.29, 1.82) is 0 Å². The van der Waals surface area contributed by atoms with E-state index >= 15 is 0 Å². The van der Waals surface area contributed by atoms with Gasteiger partial charge in [0.05, 0.1) is 0 Å². The fourth-order valence-electron chi connectivity index (χ4n) is 3.47. The number of hydrogen-bond acceptors (Lipinski definition) is 2. The molecule has 1 aliphatic heterocycles. The molecule has 0 radical (unpaired) electrons. The third-order valence-corrected chi connectivity index (χ3v) is 4.84. The first-order chi connectivity index (χ1) is 10.3. The number of nitrogens with zero attached hydrogens (tertiary/aromatic N) is 1. The Morgan fingerprint density at radius 2 is 1.65 bits per heavy atom. The maximum atomic E-state index is 3.47. The number of hydrogen-bond donors (Lipinski definition) is 1. The van der Waals surface area contributed by atoms with Gasteiger partial charge in [0.1, 0.15) is 0 Å². The summed E-state index contributed by atoms with van der Waals surface area (Å²) in [6.45, 7) is 9.23. The summed E-state index contributed by atoms with van der Waals surface area (Å²) in [5, 5.41) is 6.16. The van der Waals surface area contributed by atoms with Crippen LogP contribution in [0.1, 0.15) is 31.9 Å².